The SMILES string of the molecule is O=C(/N=C/c1cccc(Br)c1)OCc1ccccc1. The molecule has 3 nitrogen and oxygen atoms in total. The maximum Gasteiger partial charge on any atom is 0.433 e. The molecule has 19 heavy (non-hydrogen) atoms. The van der Waals surface area contributed by atoms with Crippen LogP contribution in [-0.2, 0) is 11.3 Å². The highest BCUT2D eigenvalue weighted by atomic mass is 79.9. The summed E-state index contributed by atoms with van der Waals surface area (Å²) in [6, 6.07) is 17.0. The summed E-state index contributed by atoms with van der Waals surface area (Å²) in [5.41, 5.74) is 1.78. The first-order valence-electron chi connectivity index (χ1n) is 5.74. The molecule has 0 heterocycles. The van der Waals surface area contributed by atoms with Gasteiger partial charge < -0.3 is 4.74 Å². The summed E-state index contributed by atoms with van der Waals surface area (Å²) in [4.78, 5) is 15.2. The van der Waals surface area contributed by atoms with Crippen LogP contribution >= 0.6 is 15.9 Å². The minimum absolute atomic E-state index is 0.232. The van der Waals surface area contributed by atoms with Gasteiger partial charge in [-0.3, -0.25) is 0 Å². The molecule has 0 unspecified atom stereocenters. The molecule has 2 aromatic rings. The molecule has 0 spiro atoms. The highest BCUT2D eigenvalue weighted by Crippen LogP contribution is 2.10. The molecule has 0 bridgehead atoms. The molecule has 0 aliphatic carbocycles. The van der Waals surface area contributed by atoms with Gasteiger partial charge in [0.1, 0.15) is 6.61 Å². The molecule has 0 aliphatic heterocycles. The van der Waals surface area contributed by atoms with Crippen LogP contribution in [-0.4, -0.2) is 12.3 Å². The number of benzene rings is 2. The first-order chi connectivity index (χ1) is 9.24. The van der Waals surface area contributed by atoms with Gasteiger partial charge in [0.25, 0.3) is 0 Å². The van der Waals surface area contributed by atoms with E-state index in [9.17, 15) is 4.79 Å². The fraction of sp³-hybridized carbons (Fsp3) is 0.0667. The van der Waals surface area contributed by atoms with Gasteiger partial charge in [-0.25, -0.2) is 4.79 Å². The largest absolute Gasteiger partial charge is 0.443 e. The number of hydrogen-bond acceptors (Lipinski definition) is 2. The molecule has 0 saturated heterocycles. The van der Waals surface area contributed by atoms with Gasteiger partial charge in [0.15, 0.2) is 0 Å². The van der Waals surface area contributed by atoms with Crippen LogP contribution in [0, 0.1) is 0 Å². The monoisotopic (exact) mass is 317 g/mol. The van der Waals surface area contributed by atoms with Crippen molar-refractivity contribution in [1.82, 2.24) is 0 Å². The molecule has 4 heteroatoms. The number of rotatable bonds is 3. The Bertz CT molecular complexity index is 582. The lowest BCUT2D eigenvalue weighted by molar-refractivity contribution is 0.151. The Morgan fingerprint density at radius 2 is 1.95 bits per heavy atom. The van der Waals surface area contributed by atoms with Gasteiger partial charge in [-0.15, -0.1) is 0 Å². The quantitative estimate of drug-likeness (QED) is 0.795. The second kappa shape index (κ2) is 6.85. The van der Waals surface area contributed by atoms with Crippen LogP contribution in [0.1, 0.15) is 11.1 Å². The fourth-order valence-corrected chi connectivity index (χ4v) is 1.89. The number of hydrogen-bond donors (Lipinski definition) is 0. The van der Waals surface area contributed by atoms with Gasteiger partial charge in [-0.05, 0) is 23.3 Å². The topological polar surface area (TPSA) is 38.7 Å². The highest BCUT2D eigenvalue weighted by Gasteiger charge is 1.99. The molecule has 0 aliphatic rings. The molecule has 0 fully saturated rings. The summed E-state index contributed by atoms with van der Waals surface area (Å²) >= 11 is 3.35. The normalized spacial score (nSPS) is 10.6. The van der Waals surface area contributed by atoms with E-state index in [0.29, 0.717) is 0 Å². The minimum Gasteiger partial charge on any atom is -0.443 e. The minimum atomic E-state index is -0.594. The molecule has 0 aromatic heterocycles. The van der Waals surface area contributed by atoms with Crippen LogP contribution in [0.15, 0.2) is 64.1 Å². The van der Waals surface area contributed by atoms with Crippen LogP contribution in [0.2, 0.25) is 0 Å². The predicted octanol–water partition coefficient (Wildman–Crippen LogP) is 4.20. The number of carbonyl (C=O) groups is 1. The summed E-state index contributed by atoms with van der Waals surface area (Å²) in [7, 11) is 0. The van der Waals surface area contributed by atoms with Gasteiger partial charge in [-0.1, -0.05) is 58.4 Å². The molecule has 0 atom stereocenters. The second-order valence-electron chi connectivity index (χ2n) is 3.85. The van der Waals surface area contributed by atoms with Crippen molar-refractivity contribution in [3.8, 4) is 0 Å². The highest BCUT2D eigenvalue weighted by molar-refractivity contribution is 9.10. The lowest BCUT2D eigenvalue weighted by Crippen LogP contribution is -1.99. The zero-order chi connectivity index (χ0) is 13.5. The summed E-state index contributed by atoms with van der Waals surface area (Å²) in [5, 5.41) is 0. The number of nitrogens with zero attached hydrogens (tertiary/aromatic N) is 1. The zero-order valence-corrected chi connectivity index (χ0v) is 11.7. The average Bonchev–Trinajstić information content (AvgIpc) is 2.44. The summed E-state index contributed by atoms with van der Waals surface area (Å²) in [6.45, 7) is 0.232. The standard InChI is InChI=1S/C15H12BrNO2/c16-14-8-4-7-13(9-14)10-17-15(18)19-11-12-5-2-1-3-6-12/h1-10H,11H2/b17-10+. The lowest BCUT2D eigenvalue weighted by Gasteiger charge is -2.00. The number of carbonyl (C=O) groups excluding carboxylic acids is 1. The van der Waals surface area contributed by atoms with Gasteiger partial charge in [-0.2, -0.15) is 4.99 Å². The Morgan fingerprint density at radius 1 is 1.16 bits per heavy atom. The van der Waals surface area contributed by atoms with E-state index < -0.39 is 6.09 Å². The number of amides is 1. The second-order valence-corrected chi connectivity index (χ2v) is 4.77. The van der Waals surface area contributed by atoms with Gasteiger partial charge >= 0.3 is 6.09 Å². The average molecular weight is 318 g/mol. The van der Waals surface area contributed by atoms with E-state index in [1.54, 1.807) is 0 Å². The Kier molecular flexibility index (Phi) is 4.86. The maximum atomic E-state index is 11.4. The summed E-state index contributed by atoms with van der Waals surface area (Å²) in [6.07, 6.45) is 0.891. The molecule has 0 radical (unpaired) electrons. The predicted molar refractivity (Wildman–Crippen MR) is 78.4 cm³/mol. The molecule has 0 saturated carbocycles. The lowest BCUT2D eigenvalue weighted by atomic mass is 10.2. The van der Waals surface area contributed by atoms with Crippen LogP contribution < -0.4 is 0 Å². The summed E-state index contributed by atoms with van der Waals surface area (Å²) in [5.74, 6) is 0. The summed E-state index contributed by atoms with van der Waals surface area (Å²) < 4.78 is 5.97. The molecular weight excluding hydrogens is 306 g/mol. The third kappa shape index (κ3) is 4.67. The Balaban J connectivity index is 1.88. The third-order valence-electron chi connectivity index (χ3n) is 2.37. The van der Waals surface area contributed by atoms with Gasteiger partial charge in [0, 0.05) is 10.7 Å². The Hall–Kier alpha value is -1.94. The van der Waals surface area contributed by atoms with Gasteiger partial charge in [0.2, 0.25) is 0 Å². The van der Waals surface area contributed by atoms with Crippen molar-refractivity contribution in [3.05, 3.63) is 70.2 Å². The van der Waals surface area contributed by atoms with Crippen LogP contribution in [0.25, 0.3) is 0 Å². The Morgan fingerprint density at radius 3 is 2.68 bits per heavy atom. The van der Waals surface area contributed by atoms with Crippen molar-refractivity contribution in [2.24, 2.45) is 4.99 Å². The molecule has 2 rings (SSSR count). The van der Waals surface area contributed by atoms with E-state index in [1.165, 1.54) is 6.21 Å². The van der Waals surface area contributed by atoms with E-state index in [2.05, 4.69) is 20.9 Å². The number of ether oxygens (including phenoxy) is 1. The number of aliphatic imine (C=N–C) groups is 1. The molecule has 2 aromatic carbocycles. The van der Waals surface area contributed by atoms with E-state index in [1.807, 2.05) is 54.6 Å². The van der Waals surface area contributed by atoms with Crippen molar-refractivity contribution in [2.75, 3.05) is 0 Å². The molecule has 96 valence electrons. The van der Waals surface area contributed by atoms with Crippen LogP contribution in [0.4, 0.5) is 4.79 Å². The van der Waals surface area contributed by atoms with Crippen molar-refractivity contribution < 1.29 is 9.53 Å². The van der Waals surface area contributed by atoms with Gasteiger partial charge in [0.05, 0.1) is 0 Å². The van der Waals surface area contributed by atoms with Crippen molar-refractivity contribution in [3.63, 3.8) is 0 Å². The maximum absolute atomic E-state index is 11.4. The fourth-order valence-electron chi connectivity index (χ4n) is 1.47. The molecule has 0 N–H and O–H groups in total. The molecule has 1 amide bonds. The van der Waals surface area contributed by atoms with Crippen molar-refractivity contribution in [2.45, 2.75) is 6.61 Å². The van der Waals surface area contributed by atoms with E-state index >= 15 is 0 Å². The Labute approximate surface area is 120 Å². The first kappa shape index (κ1) is 13.5. The van der Waals surface area contributed by atoms with E-state index in [4.69, 9.17) is 4.74 Å². The third-order valence-corrected chi connectivity index (χ3v) is 2.87. The molecular formula is C15H12BrNO2. The van der Waals surface area contributed by atoms with Crippen molar-refractivity contribution in [1.29, 1.82) is 0 Å². The van der Waals surface area contributed by atoms with Crippen LogP contribution in [0.3, 0.4) is 0 Å². The van der Waals surface area contributed by atoms with Crippen LogP contribution in [0.5, 0.6) is 0 Å². The van der Waals surface area contributed by atoms with Crippen molar-refractivity contribution >= 4 is 28.2 Å². The first-order valence-corrected chi connectivity index (χ1v) is 6.53. The van der Waals surface area contributed by atoms with E-state index in [-0.39, 0.29) is 6.61 Å². The zero-order valence-electron chi connectivity index (χ0n) is 10.1. The van der Waals surface area contributed by atoms with E-state index in [0.717, 1.165) is 15.6 Å². The number of halogens is 1. The smallest absolute Gasteiger partial charge is 0.433 e.